The average molecular weight is 237 g/mol. The lowest BCUT2D eigenvalue weighted by Gasteiger charge is -2.01. The highest BCUT2D eigenvalue weighted by Gasteiger charge is 2.07. The third-order valence-corrected chi connectivity index (χ3v) is 2.84. The molecule has 1 heterocycles. The van der Waals surface area contributed by atoms with Crippen LogP contribution < -0.4 is 4.74 Å². The van der Waals surface area contributed by atoms with Crippen molar-refractivity contribution in [2.45, 2.75) is 6.92 Å². The summed E-state index contributed by atoms with van der Waals surface area (Å²) in [5.41, 5.74) is 0.881. The number of nitrogens with zero attached hydrogens (tertiary/aromatic N) is 1. The molecule has 0 bridgehead atoms. The van der Waals surface area contributed by atoms with Crippen LogP contribution in [0.3, 0.4) is 0 Å². The molecule has 0 spiro atoms. The molecule has 0 N–H and O–H groups in total. The van der Waals surface area contributed by atoms with Crippen molar-refractivity contribution in [1.82, 2.24) is 4.98 Å². The standard InChI is InChI=1S/C11H11NO3S/c1-2-14-10(13)7-15-11-12-8-5-3-4-6-9(8)16-11/h3-6H,2,7H2,1H3. The van der Waals surface area contributed by atoms with E-state index in [0.717, 1.165) is 10.2 Å². The van der Waals surface area contributed by atoms with E-state index in [1.54, 1.807) is 6.92 Å². The Morgan fingerprint density at radius 1 is 1.44 bits per heavy atom. The van der Waals surface area contributed by atoms with Gasteiger partial charge in [-0.3, -0.25) is 0 Å². The molecule has 0 atom stereocenters. The van der Waals surface area contributed by atoms with Gasteiger partial charge in [0.25, 0.3) is 5.19 Å². The number of rotatable bonds is 4. The van der Waals surface area contributed by atoms with Crippen LogP contribution in [0.2, 0.25) is 0 Å². The molecule has 0 radical (unpaired) electrons. The fourth-order valence-corrected chi connectivity index (χ4v) is 2.05. The Hall–Kier alpha value is -1.62. The first-order valence-electron chi connectivity index (χ1n) is 4.93. The lowest BCUT2D eigenvalue weighted by atomic mass is 10.3. The second-order valence-electron chi connectivity index (χ2n) is 3.04. The van der Waals surface area contributed by atoms with Crippen LogP contribution in [-0.4, -0.2) is 24.2 Å². The summed E-state index contributed by atoms with van der Waals surface area (Å²) in [5, 5.41) is 0.495. The number of carbonyl (C=O) groups is 1. The minimum absolute atomic E-state index is 0.0896. The molecule has 1 aromatic heterocycles. The van der Waals surface area contributed by atoms with E-state index in [-0.39, 0.29) is 12.6 Å². The van der Waals surface area contributed by atoms with Gasteiger partial charge in [-0.2, -0.15) is 0 Å². The number of carbonyl (C=O) groups excluding carboxylic acids is 1. The summed E-state index contributed by atoms with van der Waals surface area (Å²) in [6.07, 6.45) is 0. The molecule has 4 nitrogen and oxygen atoms in total. The number of benzene rings is 1. The Balaban J connectivity index is 2.02. The van der Waals surface area contributed by atoms with E-state index in [1.165, 1.54) is 11.3 Å². The van der Waals surface area contributed by atoms with E-state index in [4.69, 9.17) is 9.47 Å². The van der Waals surface area contributed by atoms with Gasteiger partial charge < -0.3 is 9.47 Å². The molecule has 0 aliphatic heterocycles. The topological polar surface area (TPSA) is 48.4 Å². The van der Waals surface area contributed by atoms with Crippen molar-refractivity contribution in [2.75, 3.05) is 13.2 Å². The van der Waals surface area contributed by atoms with E-state index in [9.17, 15) is 4.79 Å². The van der Waals surface area contributed by atoms with Gasteiger partial charge in [0.05, 0.1) is 16.8 Å². The smallest absolute Gasteiger partial charge is 0.344 e. The van der Waals surface area contributed by atoms with Gasteiger partial charge in [0.15, 0.2) is 6.61 Å². The molecule has 0 amide bonds. The molecule has 0 saturated heterocycles. The fourth-order valence-electron chi connectivity index (χ4n) is 1.24. The molecular weight excluding hydrogens is 226 g/mol. The molecule has 84 valence electrons. The molecule has 0 aliphatic carbocycles. The Labute approximate surface area is 96.8 Å². The van der Waals surface area contributed by atoms with Crippen LogP contribution in [-0.2, 0) is 9.53 Å². The highest BCUT2D eigenvalue weighted by atomic mass is 32.1. The van der Waals surface area contributed by atoms with Gasteiger partial charge in [0.1, 0.15) is 0 Å². The second-order valence-corrected chi connectivity index (χ2v) is 4.03. The number of fused-ring (bicyclic) bond motifs is 1. The van der Waals surface area contributed by atoms with Crippen molar-refractivity contribution in [2.24, 2.45) is 0 Å². The van der Waals surface area contributed by atoms with Crippen LogP contribution >= 0.6 is 11.3 Å². The third kappa shape index (κ3) is 2.49. The Morgan fingerprint density at radius 3 is 3.00 bits per heavy atom. The van der Waals surface area contributed by atoms with Crippen LogP contribution in [0, 0.1) is 0 Å². The fraction of sp³-hybridized carbons (Fsp3) is 0.273. The van der Waals surface area contributed by atoms with Gasteiger partial charge >= 0.3 is 5.97 Å². The van der Waals surface area contributed by atoms with E-state index >= 15 is 0 Å². The van der Waals surface area contributed by atoms with Gasteiger partial charge in [0.2, 0.25) is 0 Å². The maximum absolute atomic E-state index is 11.1. The lowest BCUT2D eigenvalue weighted by molar-refractivity contribution is -0.145. The highest BCUT2D eigenvalue weighted by molar-refractivity contribution is 7.20. The highest BCUT2D eigenvalue weighted by Crippen LogP contribution is 2.27. The first-order chi connectivity index (χ1) is 7.79. The number of hydrogen-bond acceptors (Lipinski definition) is 5. The van der Waals surface area contributed by atoms with E-state index in [2.05, 4.69) is 4.98 Å². The molecular formula is C11H11NO3S. The zero-order valence-corrected chi connectivity index (χ0v) is 9.62. The first-order valence-corrected chi connectivity index (χ1v) is 5.75. The normalized spacial score (nSPS) is 10.3. The molecule has 0 fully saturated rings. The van der Waals surface area contributed by atoms with Gasteiger partial charge in [-0.15, -0.1) is 0 Å². The van der Waals surface area contributed by atoms with Crippen LogP contribution in [0.4, 0.5) is 0 Å². The summed E-state index contributed by atoms with van der Waals surface area (Å²) in [6, 6.07) is 7.72. The molecule has 2 rings (SSSR count). The average Bonchev–Trinajstić information content (AvgIpc) is 2.69. The minimum Gasteiger partial charge on any atom is -0.463 e. The maximum Gasteiger partial charge on any atom is 0.344 e. The number of hydrogen-bond donors (Lipinski definition) is 0. The molecule has 0 aliphatic rings. The van der Waals surface area contributed by atoms with Crippen LogP contribution in [0.5, 0.6) is 5.19 Å². The first kappa shape index (κ1) is 10.9. The Bertz CT molecular complexity index is 462. The van der Waals surface area contributed by atoms with Crippen molar-refractivity contribution in [1.29, 1.82) is 0 Å². The largest absolute Gasteiger partial charge is 0.463 e. The van der Waals surface area contributed by atoms with Crippen molar-refractivity contribution < 1.29 is 14.3 Å². The predicted octanol–water partition coefficient (Wildman–Crippen LogP) is 2.24. The number of para-hydroxylation sites is 1. The number of aromatic nitrogens is 1. The summed E-state index contributed by atoms with van der Waals surface area (Å²) in [5.74, 6) is -0.373. The number of thiazole rings is 1. The summed E-state index contributed by atoms with van der Waals surface area (Å²) in [4.78, 5) is 15.3. The van der Waals surface area contributed by atoms with E-state index < -0.39 is 0 Å². The Morgan fingerprint density at radius 2 is 2.25 bits per heavy atom. The maximum atomic E-state index is 11.1. The third-order valence-electron chi connectivity index (χ3n) is 1.89. The zero-order valence-electron chi connectivity index (χ0n) is 8.80. The van der Waals surface area contributed by atoms with Crippen LogP contribution in [0.1, 0.15) is 6.92 Å². The SMILES string of the molecule is CCOC(=O)COc1nc2ccccc2s1. The summed E-state index contributed by atoms with van der Waals surface area (Å²) in [7, 11) is 0. The molecule has 5 heteroatoms. The molecule has 1 aromatic carbocycles. The van der Waals surface area contributed by atoms with Gasteiger partial charge in [-0.25, -0.2) is 9.78 Å². The van der Waals surface area contributed by atoms with Crippen molar-refractivity contribution in [3.05, 3.63) is 24.3 Å². The molecule has 16 heavy (non-hydrogen) atoms. The minimum atomic E-state index is -0.373. The van der Waals surface area contributed by atoms with Crippen molar-refractivity contribution >= 4 is 27.5 Å². The van der Waals surface area contributed by atoms with Gasteiger partial charge in [-0.05, 0) is 19.1 Å². The summed E-state index contributed by atoms with van der Waals surface area (Å²) >= 11 is 1.42. The second kappa shape index (κ2) is 4.94. The quantitative estimate of drug-likeness (QED) is 0.765. The van der Waals surface area contributed by atoms with Crippen LogP contribution in [0.25, 0.3) is 10.2 Å². The van der Waals surface area contributed by atoms with Crippen molar-refractivity contribution in [3.63, 3.8) is 0 Å². The monoisotopic (exact) mass is 237 g/mol. The zero-order chi connectivity index (χ0) is 11.4. The summed E-state index contributed by atoms with van der Waals surface area (Å²) in [6.45, 7) is 2.03. The molecule has 2 aromatic rings. The molecule has 0 unspecified atom stereocenters. The van der Waals surface area contributed by atoms with E-state index in [1.807, 2.05) is 24.3 Å². The van der Waals surface area contributed by atoms with Crippen molar-refractivity contribution in [3.8, 4) is 5.19 Å². The summed E-state index contributed by atoms with van der Waals surface area (Å²) < 4.78 is 11.0. The Kier molecular flexibility index (Phi) is 3.36. The number of esters is 1. The van der Waals surface area contributed by atoms with Gasteiger partial charge in [0, 0.05) is 0 Å². The predicted molar refractivity (Wildman–Crippen MR) is 61.7 cm³/mol. The van der Waals surface area contributed by atoms with Gasteiger partial charge in [-0.1, -0.05) is 23.5 Å². The van der Waals surface area contributed by atoms with Crippen LogP contribution in [0.15, 0.2) is 24.3 Å². The van der Waals surface area contributed by atoms with E-state index in [0.29, 0.717) is 11.8 Å². The molecule has 0 saturated carbocycles. The number of ether oxygens (including phenoxy) is 2. The lowest BCUT2D eigenvalue weighted by Crippen LogP contribution is -2.14.